The van der Waals surface area contributed by atoms with Gasteiger partial charge in [0.05, 0.1) is 0 Å². The predicted octanol–water partition coefficient (Wildman–Crippen LogP) is 6.66. The molecule has 1 aromatic rings. The molecule has 1 fully saturated rings. The maximum atomic E-state index is 12.7. The minimum Gasteiger partial charge on any atom is -0.335 e. The Bertz CT molecular complexity index is 579. The fourth-order valence-corrected chi connectivity index (χ4v) is 4.13. The highest BCUT2D eigenvalue weighted by molar-refractivity contribution is 5.91. The van der Waals surface area contributed by atoms with Crippen LogP contribution < -0.4 is 10.6 Å². The SMILES string of the molecule is CC(C)c1cccc(C(C)C)c1NC(=O)NC1CCC(C(C)(C)C)CC1. The number of amides is 2. The number of para-hydroxylation sites is 1. The minimum absolute atomic E-state index is 0.0563. The Morgan fingerprint density at radius 3 is 1.88 bits per heavy atom. The zero-order valence-corrected chi connectivity index (χ0v) is 17.8. The summed E-state index contributed by atoms with van der Waals surface area (Å²) in [6.07, 6.45) is 4.57. The van der Waals surface area contributed by atoms with Gasteiger partial charge >= 0.3 is 6.03 Å². The third-order valence-electron chi connectivity index (χ3n) is 5.90. The molecule has 0 radical (unpaired) electrons. The fourth-order valence-electron chi connectivity index (χ4n) is 4.13. The van der Waals surface area contributed by atoms with Gasteiger partial charge in [0, 0.05) is 11.7 Å². The second-order valence-electron chi connectivity index (χ2n) is 9.63. The number of anilines is 1. The van der Waals surface area contributed by atoms with Gasteiger partial charge in [-0.05, 0) is 60.0 Å². The number of hydrogen-bond acceptors (Lipinski definition) is 1. The fraction of sp³-hybridized carbons (Fsp3) is 0.696. The number of hydrogen-bond donors (Lipinski definition) is 2. The molecule has 1 saturated carbocycles. The van der Waals surface area contributed by atoms with Crippen molar-refractivity contribution in [1.29, 1.82) is 0 Å². The Morgan fingerprint density at radius 1 is 0.962 bits per heavy atom. The highest BCUT2D eigenvalue weighted by Gasteiger charge is 2.30. The first-order valence-corrected chi connectivity index (χ1v) is 10.3. The summed E-state index contributed by atoms with van der Waals surface area (Å²) in [6.45, 7) is 15.7. The van der Waals surface area contributed by atoms with Crippen LogP contribution >= 0.6 is 0 Å². The lowest BCUT2D eigenvalue weighted by atomic mass is 9.71. The van der Waals surface area contributed by atoms with Crippen LogP contribution in [0.2, 0.25) is 0 Å². The molecule has 3 nitrogen and oxygen atoms in total. The zero-order chi connectivity index (χ0) is 19.5. The normalized spacial score (nSPS) is 21.1. The van der Waals surface area contributed by atoms with E-state index in [1.165, 1.54) is 24.0 Å². The molecular weight excluding hydrogens is 320 g/mol. The van der Waals surface area contributed by atoms with Crippen LogP contribution in [-0.2, 0) is 0 Å². The number of urea groups is 1. The molecule has 0 atom stereocenters. The average molecular weight is 359 g/mol. The van der Waals surface area contributed by atoms with Crippen molar-refractivity contribution in [3.8, 4) is 0 Å². The van der Waals surface area contributed by atoms with Crippen molar-refractivity contribution in [2.24, 2.45) is 11.3 Å². The van der Waals surface area contributed by atoms with Crippen molar-refractivity contribution >= 4 is 11.7 Å². The topological polar surface area (TPSA) is 41.1 Å². The Hall–Kier alpha value is -1.51. The van der Waals surface area contributed by atoms with Gasteiger partial charge in [-0.15, -0.1) is 0 Å². The Labute approximate surface area is 160 Å². The van der Waals surface area contributed by atoms with Crippen LogP contribution in [0.25, 0.3) is 0 Å². The molecule has 2 rings (SSSR count). The monoisotopic (exact) mass is 358 g/mol. The summed E-state index contributed by atoms with van der Waals surface area (Å²) < 4.78 is 0. The molecule has 0 unspecified atom stereocenters. The molecule has 0 heterocycles. The van der Waals surface area contributed by atoms with Gasteiger partial charge in [-0.1, -0.05) is 66.7 Å². The number of rotatable bonds is 4. The molecule has 0 spiro atoms. The highest BCUT2D eigenvalue weighted by Crippen LogP contribution is 2.38. The van der Waals surface area contributed by atoms with Crippen LogP contribution in [0.1, 0.15) is 97.1 Å². The van der Waals surface area contributed by atoms with E-state index >= 15 is 0 Å². The highest BCUT2D eigenvalue weighted by atomic mass is 16.2. The van der Waals surface area contributed by atoms with Gasteiger partial charge in [-0.3, -0.25) is 0 Å². The van der Waals surface area contributed by atoms with Crippen molar-refractivity contribution in [2.45, 2.75) is 92.0 Å². The average Bonchev–Trinajstić information content (AvgIpc) is 2.54. The van der Waals surface area contributed by atoms with E-state index in [0.717, 1.165) is 24.4 Å². The Morgan fingerprint density at radius 2 is 1.46 bits per heavy atom. The van der Waals surface area contributed by atoms with Gasteiger partial charge < -0.3 is 10.6 Å². The van der Waals surface area contributed by atoms with Crippen LogP contribution in [0.3, 0.4) is 0 Å². The Kier molecular flexibility index (Phi) is 6.76. The zero-order valence-electron chi connectivity index (χ0n) is 17.8. The maximum absolute atomic E-state index is 12.7. The summed E-state index contributed by atoms with van der Waals surface area (Å²) in [6, 6.07) is 6.59. The third-order valence-corrected chi connectivity index (χ3v) is 5.90. The molecule has 26 heavy (non-hydrogen) atoms. The van der Waals surface area contributed by atoms with Crippen LogP contribution in [0.5, 0.6) is 0 Å². The van der Waals surface area contributed by atoms with E-state index in [0.29, 0.717) is 23.3 Å². The standard InChI is InChI=1S/C23H38N2O/c1-15(2)19-9-8-10-20(16(3)4)21(19)25-22(26)24-18-13-11-17(12-14-18)23(5,6)7/h8-10,15-18H,11-14H2,1-7H3,(H2,24,25,26). The molecule has 0 aliphatic heterocycles. The molecular formula is C23H38N2O. The van der Waals surface area contributed by atoms with E-state index < -0.39 is 0 Å². The Balaban J connectivity index is 2.03. The van der Waals surface area contributed by atoms with Crippen LogP contribution in [0.4, 0.5) is 10.5 Å². The van der Waals surface area contributed by atoms with Gasteiger partial charge in [0.2, 0.25) is 0 Å². The number of carbonyl (C=O) groups is 1. The van der Waals surface area contributed by atoms with Crippen molar-refractivity contribution in [2.75, 3.05) is 5.32 Å². The van der Waals surface area contributed by atoms with E-state index in [-0.39, 0.29) is 6.03 Å². The molecule has 0 bridgehead atoms. The molecule has 2 amide bonds. The van der Waals surface area contributed by atoms with E-state index in [9.17, 15) is 4.79 Å². The first-order valence-electron chi connectivity index (χ1n) is 10.3. The molecule has 146 valence electrons. The van der Waals surface area contributed by atoms with E-state index in [1.807, 2.05) is 0 Å². The summed E-state index contributed by atoms with van der Waals surface area (Å²) in [7, 11) is 0. The number of nitrogens with one attached hydrogen (secondary N) is 2. The van der Waals surface area contributed by atoms with Gasteiger partial charge in [-0.2, -0.15) is 0 Å². The number of carbonyl (C=O) groups excluding carboxylic acids is 1. The quantitative estimate of drug-likeness (QED) is 0.621. The predicted molar refractivity (Wildman–Crippen MR) is 112 cm³/mol. The van der Waals surface area contributed by atoms with Crippen LogP contribution in [0, 0.1) is 11.3 Å². The van der Waals surface area contributed by atoms with Gasteiger partial charge in [0.15, 0.2) is 0 Å². The summed E-state index contributed by atoms with van der Waals surface area (Å²) in [5.41, 5.74) is 3.79. The first kappa shape index (κ1) is 20.8. The summed E-state index contributed by atoms with van der Waals surface area (Å²) >= 11 is 0. The van der Waals surface area contributed by atoms with E-state index in [4.69, 9.17) is 0 Å². The minimum atomic E-state index is -0.0563. The number of benzene rings is 1. The molecule has 0 saturated heterocycles. The van der Waals surface area contributed by atoms with Gasteiger partial charge in [0.25, 0.3) is 0 Å². The smallest absolute Gasteiger partial charge is 0.319 e. The molecule has 2 N–H and O–H groups in total. The molecule has 1 aromatic carbocycles. The molecule has 1 aliphatic rings. The van der Waals surface area contributed by atoms with Crippen LogP contribution in [-0.4, -0.2) is 12.1 Å². The van der Waals surface area contributed by atoms with E-state index in [1.54, 1.807) is 0 Å². The van der Waals surface area contributed by atoms with Crippen LogP contribution in [0.15, 0.2) is 18.2 Å². The summed E-state index contributed by atoms with van der Waals surface area (Å²) in [4.78, 5) is 12.7. The van der Waals surface area contributed by atoms with Crippen molar-refractivity contribution < 1.29 is 4.79 Å². The van der Waals surface area contributed by atoms with Gasteiger partial charge in [0.1, 0.15) is 0 Å². The lowest BCUT2D eigenvalue weighted by molar-refractivity contribution is 0.161. The maximum Gasteiger partial charge on any atom is 0.319 e. The van der Waals surface area contributed by atoms with E-state index in [2.05, 4.69) is 77.3 Å². The van der Waals surface area contributed by atoms with Crippen molar-refractivity contribution in [3.63, 3.8) is 0 Å². The second-order valence-corrected chi connectivity index (χ2v) is 9.63. The molecule has 0 aromatic heterocycles. The summed E-state index contributed by atoms with van der Waals surface area (Å²) in [5.74, 6) is 1.52. The molecule has 3 heteroatoms. The lowest BCUT2D eigenvalue weighted by Gasteiger charge is -2.37. The first-order chi connectivity index (χ1) is 12.1. The molecule has 1 aliphatic carbocycles. The summed E-state index contributed by atoms with van der Waals surface area (Å²) in [5, 5.41) is 6.40. The lowest BCUT2D eigenvalue weighted by Crippen LogP contribution is -2.41. The third kappa shape index (κ3) is 5.25. The largest absolute Gasteiger partial charge is 0.335 e. The van der Waals surface area contributed by atoms with Gasteiger partial charge in [-0.25, -0.2) is 4.79 Å². The van der Waals surface area contributed by atoms with Crippen molar-refractivity contribution in [1.82, 2.24) is 5.32 Å². The van der Waals surface area contributed by atoms with Crippen molar-refractivity contribution in [3.05, 3.63) is 29.3 Å². The second kappa shape index (κ2) is 8.45.